The van der Waals surface area contributed by atoms with Gasteiger partial charge in [0.1, 0.15) is 0 Å². The van der Waals surface area contributed by atoms with E-state index in [1.54, 1.807) is 0 Å². The highest BCUT2D eigenvalue weighted by atomic mass is 14.9. The number of hydrogen-bond acceptors (Lipinski definition) is 2. The minimum absolute atomic E-state index is 0.0839. The maximum absolute atomic E-state index is 5.76. The second kappa shape index (κ2) is 6.39. The molecule has 1 rings (SSSR count). The lowest BCUT2D eigenvalue weighted by Gasteiger charge is -2.21. The van der Waals surface area contributed by atoms with Gasteiger partial charge in [0.05, 0.1) is 6.17 Å². The van der Waals surface area contributed by atoms with Gasteiger partial charge in [-0.2, -0.15) is 0 Å². The second-order valence-electron chi connectivity index (χ2n) is 4.39. The van der Waals surface area contributed by atoms with E-state index in [-0.39, 0.29) is 6.17 Å². The lowest BCUT2D eigenvalue weighted by Crippen LogP contribution is -2.38. The largest absolute Gasteiger partial charge is 0.316 e. The first-order valence-corrected chi connectivity index (χ1v) is 5.82. The lowest BCUT2D eigenvalue weighted by atomic mass is 9.90. The molecule has 0 atom stereocenters. The summed E-state index contributed by atoms with van der Waals surface area (Å²) in [6.45, 7) is 0. The molecule has 1 saturated carbocycles. The zero-order valence-corrected chi connectivity index (χ0v) is 8.67. The molecule has 78 valence electrons. The van der Waals surface area contributed by atoms with Crippen LogP contribution in [0.5, 0.6) is 0 Å². The highest BCUT2D eigenvalue weighted by Gasteiger charge is 2.13. The van der Waals surface area contributed by atoms with Crippen molar-refractivity contribution in [2.24, 2.45) is 17.4 Å². The van der Waals surface area contributed by atoms with Crippen molar-refractivity contribution in [1.29, 1.82) is 0 Å². The van der Waals surface area contributed by atoms with Gasteiger partial charge in [0.2, 0.25) is 0 Å². The van der Waals surface area contributed by atoms with Gasteiger partial charge in [-0.05, 0) is 18.8 Å². The number of rotatable bonds is 1. The highest BCUT2D eigenvalue weighted by molar-refractivity contribution is 4.68. The van der Waals surface area contributed by atoms with Gasteiger partial charge in [0, 0.05) is 0 Å². The molecule has 0 amide bonds. The van der Waals surface area contributed by atoms with Crippen LogP contribution in [0.25, 0.3) is 0 Å². The van der Waals surface area contributed by atoms with Crippen LogP contribution in [0.2, 0.25) is 0 Å². The van der Waals surface area contributed by atoms with Gasteiger partial charge in [-0.3, -0.25) is 0 Å². The Labute approximate surface area is 82.1 Å². The Kier molecular flexibility index (Phi) is 5.40. The summed E-state index contributed by atoms with van der Waals surface area (Å²) in [6, 6.07) is 0. The van der Waals surface area contributed by atoms with Crippen molar-refractivity contribution in [3.8, 4) is 0 Å². The topological polar surface area (TPSA) is 52.0 Å². The Morgan fingerprint density at radius 1 is 0.692 bits per heavy atom. The van der Waals surface area contributed by atoms with Crippen molar-refractivity contribution < 1.29 is 0 Å². The van der Waals surface area contributed by atoms with Crippen molar-refractivity contribution in [2.75, 3.05) is 0 Å². The lowest BCUT2D eigenvalue weighted by molar-refractivity contribution is 0.337. The van der Waals surface area contributed by atoms with E-state index in [2.05, 4.69) is 0 Å². The van der Waals surface area contributed by atoms with E-state index in [4.69, 9.17) is 11.5 Å². The van der Waals surface area contributed by atoms with Gasteiger partial charge in [-0.25, -0.2) is 0 Å². The third-order valence-corrected chi connectivity index (χ3v) is 3.19. The summed E-state index contributed by atoms with van der Waals surface area (Å²) in [4.78, 5) is 0. The molecule has 0 aliphatic heterocycles. The average Bonchev–Trinajstić information content (AvgIpc) is 2.14. The van der Waals surface area contributed by atoms with Crippen LogP contribution >= 0.6 is 0 Å². The van der Waals surface area contributed by atoms with Crippen molar-refractivity contribution in [2.45, 2.75) is 64.0 Å². The molecule has 0 saturated heterocycles. The van der Waals surface area contributed by atoms with E-state index in [1.807, 2.05) is 0 Å². The minimum Gasteiger partial charge on any atom is -0.316 e. The van der Waals surface area contributed by atoms with Gasteiger partial charge >= 0.3 is 0 Å². The molecule has 1 aliphatic carbocycles. The Morgan fingerprint density at radius 3 is 1.46 bits per heavy atom. The molecule has 0 aromatic heterocycles. The van der Waals surface area contributed by atoms with Crippen LogP contribution in [0.3, 0.4) is 0 Å². The monoisotopic (exact) mass is 184 g/mol. The third kappa shape index (κ3) is 4.63. The van der Waals surface area contributed by atoms with Crippen molar-refractivity contribution >= 4 is 0 Å². The highest BCUT2D eigenvalue weighted by Crippen LogP contribution is 2.21. The fraction of sp³-hybridized carbons (Fsp3) is 1.00. The van der Waals surface area contributed by atoms with Gasteiger partial charge < -0.3 is 11.5 Å². The molecule has 0 unspecified atom stereocenters. The van der Waals surface area contributed by atoms with E-state index in [0.29, 0.717) is 5.92 Å². The number of hydrogen-bond donors (Lipinski definition) is 2. The summed E-state index contributed by atoms with van der Waals surface area (Å²) < 4.78 is 0. The van der Waals surface area contributed by atoms with Crippen molar-refractivity contribution in [3.63, 3.8) is 0 Å². The van der Waals surface area contributed by atoms with E-state index >= 15 is 0 Å². The molecule has 0 bridgehead atoms. The van der Waals surface area contributed by atoms with Crippen LogP contribution in [0.1, 0.15) is 57.8 Å². The predicted molar refractivity (Wildman–Crippen MR) is 57.2 cm³/mol. The van der Waals surface area contributed by atoms with Gasteiger partial charge in [-0.15, -0.1) is 0 Å². The summed E-state index contributed by atoms with van der Waals surface area (Å²) in [6.07, 6.45) is 12.1. The van der Waals surface area contributed by atoms with Crippen molar-refractivity contribution in [3.05, 3.63) is 0 Å². The van der Waals surface area contributed by atoms with Gasteiger partial charge in [0.15, 0.2) is 0 Å². The minimum atomic E-state index is -0.0839. The van der Waals surface area contributed by atoms with Gasteiger partial charge in [0.25, 0.3) is 0 Å². The molecule has 1 aliphatic rings. The first-order valence-electron chi connectivity index (χ1n) is 5.82. The molecule has 0 aromatic carbocycles. The molecular formula is C11H24N2. The first-order chi connectivity index (χ1) is 6.30. The van der Waals surface area contributed by atoms with E-state index in [9.17, 15) is 0 Å². The van der Waals surface area contributed by atoms with Crippen molar-refractivity contribution in [1.82, 2.24) is 0 Å². The molecule has 13 heavy (non-hydrogen) atoms. The summed E-state index contributed by atoms with van der Waals surface area (Å²) in [5.74, 6) is 0.582. The van der Waals surface area contributed by atoms with E-state index in [0.717, 1.165) is 0 Å². The normalized spacial score (nSPS) is 23.3. The molecule has 4 N–H and O–H groups in total. The Hall–Kier alpha value is -0.0800. The molecule has 0 aromatic rings. The molecule has 1 fully saturated rings. The SMILES string of the molecule is NC(N)C1CCCCCCCCC1. The number of nitrogens with two attached hydrogens (primary N) is 2. The van der Waals surface area contributed by atoms with Crippen LogP contribution < -0.4 is 11.5 Å². The zero-order valence-electron chi connectivity index (χ0n) is 8.67. The Balaban J connectivity index is 2.26. The summed E-state index contributed by atoms with van der Waals surface area (Å²) in [5, 5.41) is 0. The Bertz CT molecular complexity index is 113. The fourth-order valence-electron chi connectivity index (χ4n) is 2.23. The summed E-state index contributed by atoms with van der Waals surface area (Å²) in [7, 11) is 0. The first kappa shape index (κ1) is 11.0. The predicted octanol–water partition coefficient (Wildman–Crippen LogP) is 2.37. The molecule has 0 heterocycles. The average molecular weight is 184 g/mol. The maximum atomic E-state index is 5.76. The summed E-state index contributed by atoms with van der Waals surface area (Å²) in [5.41, 5.74) is 11.5. The van der Waals surface area contributed by atoms with E-state index < -0.39 is 0 Å². The molecule has 0 spiro atoms. The molecular weight excluding hydrogens is 160 g/mol. The van der Waals surface area contributed by atoms with E-state index in [1.165, 1.54) is 57.8 Å². The molecule has 0 radical (unpaired) electrons. The molecule has 2 heteroatoms. The maximum Gasteiger partial charge on any atom is 0.0549 e. The van der Waals surface area contributed by atoms with Crippen LogP contribution in [0, 0.1) is 5.92 Å². The fourth-order valence-corrected chi connectivity index (χ4v) is 2.23. The van der Waals surface area contributed by atoms with Gasteiger partial charge in [-0.1, -0.05) is 44.9 Å². The van der Waals surface area contributed by atoms with Crippen LogP contribution in [0.4, 0.5) is 0 Å². The van der Waals surface area contributed by atoms with Crippen LogP contribution in [-0.4, -0.2) is 6.17 Å². The standard InChI is InChI=1S/C11H24N2/c12-11(13)10-8-6-4-2-1-3-5-7-9-10/h10-11H,1-9,12-13H2. The Morgan fingerprint density at radius 2 is 1.08 bits per heavy atom. The summed E-state index contributed by atoms with van der Waals surface area (Å²) >= 11 is 0. The quantitative estimate of drug-likeness (QED) is 0.615. The smallest absolute Gasteiger partial charge is 0.0549 e. The van der Waals surface area contributed by atoms with Crippen LogP contribution in [0.15, 0.2) is 0 Å². The zero-order chi connectivity index (χ0) is 9.52. The third-order valence-electron chi connectivity index (χ3n) is 3.19. The van der Waals surface area contributed by atoms with Crippen LogP contribution in [-0.2, 0) is 0 Å². The molecule has 2 nitrogen and oxygen atoms in total. The second-order valence-corrected chi connectivity index (χ2v) is 4.39.